The summed E-state index contributed by atoms with van der Waals surface area (Å²) in [4.78, 5) is 2.37. The van der Waals surface area contributed by atoms with Crippen LogP contribution in [0.2, 0.25) is 0 Å². The van der Waals surface area contributed by atoms with Gasteiger partial charge in [0.1, 0.15) is 6.54 Å². The van der Waals surface area contributed by atoms with E-state index in [0.717, 1.165) is 25.4 Å². The molecule has 3 aromatic rings. The Morgan fingerprint density at radius 1 is 0.889 bits per heavy atom. The Bertz CT molecular complexity index is 857. The summed E-state index contributed by atoms with van der Waals surface area (Å²) in [7, 11) is 0. The van der Waals surface area contributed by atoms with Crippen LogP contribution in [0.3, 0.4) is 0 Å². The number of rotatable bonds is 8. The van der Waals surface area contributed by atoms with Gasteiger partial charge in [0.05, 0.1) is 0 Å². The topological polar surface area (TPSA) is 7.12 Å². The van der Waals surface area contributed by atoms with Gasteiger partial charge in [-0.15, -0.1) is 0 Å². The van der Waals surface area contributed by atoms with Crippen molar-refractivity contribution >= 4 is 30.5 Å². The Kier molecular flexibility index (Phi) is 7.11. The minimum atomic E-state index is 0.833. The molecule has 2 aromatic carbocycles. The Morgan fingerprint density at radius 3 is 2.33 bits per heavy atom. The van der Waals surface area contributed by atoms with Gasteiger partial charge < -0.3 is 4.90 Å². The average Bonchev–Trinajstić information content (AvgIpc) is 2.73. The third-order valence-corrected chi connectivity index (χ3v) is 4.81. The number of thiol groups is 1. The molecule has 0 amide bonds. The fourth-order valence-corrected chi connectivity index (χ4v) is 3.37. The molecule has 0 bridgehead atoms. The van der Waals surface area contributed by atoms with Crippen LogP contribution in [0, 0.1) is 0 Å². The molecular formula is C24H27N2S+. The summed E-state index contributed by atoms with van der Waals surface area (Å²) in [5, 5.41) is 0. The molecule has 2 nitrogen and oxygen atoms in total. The number of hydrogen-bond donors (Lipinski definition) is 1. The SMILES string of the molecule is CC[n+]1ccccc1/C=C/c1ccc(N(CCS)Cc2ccccc2)cc1. The van der Waals surface area contributed by atoms with Gasteiger partial charge in [0.15, 0.2) is 6.20 Å². The van der Waals surface area contributed by atoms with Crippen LogP contribution in [0.25, 0.3) is 12.2 Å². The Morgan fingerprint density at radius 2 is 1.63 bits per heavy atom. The van der Waals surface area contributed by atoms with Gasteiger partial charge in [0.25, 0.3) is 0 Å². The lowest BCUT2D eigenvalue weighted by Gasteiger charge is -2.24. The molecule has 0 aliphatic rings. The standard InChI is InChI=1S/C24H26N2S/c1-2-25-17-7-6-10-23(25)14-11-21-12-15-24(16-13-21)26(18-19-27)20-22-8-4-3-5-9-22/h3-17H,2,18-20H2,1H3/p+1. The molecule has 0 N–H and O–H groups in total. The molecule has 0 spiro atoms. The van der Waals surface area contributed by atoms with Crippen molar-refractivity contribution < 1.29 is 4.57 Å². The first kappa shape index (κ1) is 19.2. The number of aryl methyl sites for hydroxylation is 1. The summed E-state index contributed by atoms with van der Waals surface area (Å²) in [6.45, 7) is 4.96. The normalized spacial score (nSPS) is 11.0. The minimum Gasteiger partial charge on any atom is -0.366 e. The molecule has 0 aliphatic heterocycles. The van der Waals surface area contributed by atoms with Crippen molar-refractivity contribution in [3.8, 4) is 0 Å². The van der Waals surface area contributed by atoms with Gasteiger partial charge in [0, 0.05) is 42.7 Å². The van der Waals surface area contributed by atoms with Crippen LogP contribution in [0.15, 0.2) is 79.0 Å². The fourth-order valence-electron chi connectivity index (χ4n) is 3.13. The van der Waals surface area contributed by atoms with Gasteiger partial charge in [0.2, 0.25) is 5.69 Å². The van der Waals surface area contributed by atoms with Crippen LogP contribution in [0.4, 0.5) is 5.69 Å². The molecule has 27 heavy (non-hydrogen) atoms. The third kappa shape index (κ3) is 5.48. The molecule has 0 unspecified atom stereocenters. The second-order valence-electron chi connectivity index (χ2n) is 6.47. The van der Waals surface area contributed by atoms with Gasteiger partial charge >= 0.3 is 0 Å². The van der Waals surface area contributed by atoms with E-state index in [2.05, 4.69) is 120 Å². The van der Waals surface area contributed by atoms with Gasteiger partial charge in [-0.3, -0.25) is 0 Å². The van der Waals surface area contributed by atoms with Crippen LogP contribution in [0.5, 0.6) is 0 Å². The second kappa shape index (κ2) is 9.98. The van der Waals surface area contributed by atoms with E-state index in [1.807, 2.05) is 0 Å². The highest BCUT2D eigenvalue weighted by Crippen LogP contribution is 2.19. The van der Waals surface area contributed by atoms with E-state index in [1.54, 1.807) is 0 Å². The van der Waals surface area contributed by atoms with E-state index in [0.29, 0.717) is 0 Å². The van der Waals surface area contributed by atoms with Gasteiger partial charge in [-0.1, -0.05) is 42.5 Å². The lowest BCUT2D eigenvalue weighted by molar-refractivity contribution is -0.695. The van der Waals surface area contributed by atoms with Crippen LogP contribution in [-0.2, 0) is 13.1 Å². The molecule has 1 aromatic heterocycles. The summed E-state index contributed by atoms with van der Waals surface area (Å²) >= 11 is 4.43. The number of benzene rings is 2. The zero-order valence-electron chi connectivity index (χ0n) is 15.8. The van der Waals surface area contributed by atoms with Crippen molar-refractivity contribution in [2.24, 2.45) is 0 Å². The molecule has 0 aliphatic carbocycles. The summed E-state index contributed by atoms with van der Waals surface area (Å²) in [5.74, 6) is 0.833. The quantitative estimate of drug-likeness (QED) is 0.425. The predicted molar refractivity (Wildman–Crippen MR) is 119 cm³/mol. The molecule has 3 heteroatoms. The molecule has 0 saturated heterocycles. The van der Waals surface area contributed by atoms with Gasteiger partial charge in [-0.25, -0.2) is 0 Å². The largest absolute Gasteiger partial charge is 0.366 e. The number of hydrogen-bond acceptors (Lipinski definition) is 2. The first-order valence-electron chi connectivity index (χ1n) is 9.46. The smallest absolute Gasteiger partial charge is 0.205 e. The second-order valence-corrected chi connectivity index (χ2v) is 6.91. The number of aromatic nitrogens is 1. The summed E-state index contributed by atoms with van der Waals surface area (Å²) in [6.07, 6.45) is 6.46. The maximum atomic E-state index is 4.43. The van der Waals surface area contributed by atoms with Crippen LogP contribution < -0.4 is 9.47 Å². The van der Waals surface area contributed by atoms with Crippen molar-refractivity contribution in [3.05, 3.63) is 95.8 Å². The lowest BCUT2D eigenvalue weighted by atomic mass is 10.1. The molecule has 1 heterocycles. The highest BCUT2D eigenvalue weighted by atomic mass is 32.1. The van der Waals surface area contributed by atoms with E-state index in [-0.39, 0.29) is 0 Å². The van der Waals surface area contributed by atoms with Crippen molar-refractivity contribution in [2.45, 2.75) is 20.0 Å². The first-order chi connectivity index (χ1) is 13.3. The summed E-state index contributed by atoms with van der Waals surface area (Å²) in [6, 6.07) is 25.6. The van der Waals surface area contributed by atoms with Crippen LogP contribution >= 0.6 is 12.6 Å². The summed E-state index contributed by atoms with van der Waals surface area (Å²) in [5.41, 5.74) is 4.96. The first-order valence-corrected chi connectivity index (χ1v) is 10.1. The molecule has 0 atom stereocenters. The van der Waals surface area contributed by atoms with E-state index < -0.39 is 0 Å². The van der Waals surface area contributed by atoms with Crippen molar-refractivity contribution in [1.29, 1.82) is 0 Å². The molecule has 3 rings (SSSR count). The number of pyridine rings is 1. The maximum absolute atomic E-state index is 4.43. The molecular weight excluding hydrogens is 348 g/mol. The molecule has 0 fully saturated rings. The van der Waals surface area contributed by atoms with E-state index in [1.165, 1.54) is 22.5 Å². The third-order valence-electron chi connectivity index (χ3n) is 4.61. The van der Waals surface area contributed by atoms with E-state index >= 15 is 0 Å². The molecule has 0 saturated carbocycles. The van der Waals surface area contributed by atoms with Gasteiger partial charge in [-0.05, 0) is 42.3 Å². The zero-order chi connectivity index (χ0) is 18.9. The van der Waals surface area contributed by atoms with E-state index in [9.17, 15) is 0 Å². The van der Waals surface area contributed by atoms with Crippen molar-refractivity contribution in [3.63, 3.8) is 0 Å². The molecule has 138 valence electrons. The Labute approximate surface area is 168 Å². The van der Waals surface area contributed by atoms with Crippen molar-refractivity contribution in [1.82, 2.24) is 0 Å². The monoisotopic (exact) mass is 375 g/mol. The maximum Gasteiger partial charge on any atom is 0.205 e. The summed E-state index contributed by atoms with van der Waals surface area (Å²) < 4.78 is 2.24. The Balaban J connectivity index is 1.73. The fraction of sp³-hybridized carbons (Fsp3) is 0.208. The van der Waals surface area contributed by atoms with E-state index in [4.69, 9.17) is 0 Å². The number of nitrogens with zero attached hydrogens (tertiary/aromatic N) is 2. The highest BCUT2D eigenvalue weighted by Gasteiger charge is 2.07. The lowest BCUT2D eigenvalue weighted by Crippen LogP contribution is -2.34. The van der Waals surface area contributed by atoms with Crippen molar-refractivity contribution in [2.75, 3.05) is 17.2 Å². The Hall–Kier alpha value is -2.52. The predicted octanol–water partition coefficient (Wildman–Crippen LogP) is 5.10. The minimum absolute atomic E-state index is 0.833. The van der Waals surface area contributed by atoms with Crippen LogP contribution in [-0.4, -0.2) is 12.3 Å². The zero-order valence-corrected chi connectivity index (χ0v) is 16.7. The highest BCUT2D eigenvalue weighted by molar-refractivity contribution is 7.80. The van der Waals surface area contributed by atoms with Crippen LogP contribution in [0.1, 0.15) is 23.7 Å². The number of anilines is 1. The van der Waals surface area contributed by atoms with Gasteiger partial charge in [-0.2, -0.15) is 17.2 Å². The molecule has 0 radical (unpaired) electrons. The average molecular weight is 376 g/mol.